The smallest absolute Gasteiger partial charge is 0.338 e. The first kappa shape index (κ1) is 23.7. The number of likely N-dealkylation sites (N-methyl/N-ethyl adjacent to an activating group) is 1. The van der Waals surface area contributed by atoms with E-state index < -0.39 is 22.6 Å². The minimum atomic E-state index is -3.87. The van der Waals surface area contributed by atoms with Crippen molar-refractivity contribution >= 4 is 21.9 Å². The van der Waals surface area contributed by atoms with Gasteiger partial charge in [-0.05, 0) is 60.7 Å². The van der Waals surface area contributed by atoms with Crippen LogP contribution < -0.4 is 4.72 Å². The van der Waals surface area contributed by atoms with Crippen LogP contribution in [0.5, 0.6) is 0 Å². The molecule has 1 aromatic heterocycles. The number of amides is 1. The molecule has 9 heteroatoms. The summed E-state index contributed by atoms with van der Waals surface area (Å²) in [6.07, 6.45) is 4.26. The Labute approximate surface area is 198 Å². The quantitative estimate of drug-likeness (QED) is 0.493. The molecule has 0 radical (unpaired) electrons. The molecule has 1 amide bonds. The van der Waals surface area contributed by atoms with E-state index in [0.717, 1.165) is 24.8 Å². The molecule has 1 aliphatic rings. The number of hydrogen-bond acceptors (Lipinski definition) is 6. The number of carbonyl (C=O) groups excluding carboxylic acids is 2. The highest BCUT2D eigenvalue weighted by Crippen LogP contribution is 2.33. The van der Waals surface area contributed by atoms with Gasteiger partial charge >= 0.3 is 5.97 Å². The highest BCUT2D eigenvalue weighted by molar-refractivity contribution is 7.89. The largest absolute Gasteiger partial charge is 0.468 e. The molecule has 1 unspecified atom stereocenters. The first-order valence-corrected chi connectivity index (χ1v) is 12.5. The standard InChI is InChI=1S/C25H26N2O6S/c1-27(23-13-5-8-18-7-2-3-12-22(18)23)24(28)17-33-25(29)19-9-4-11-21(15-19)34(30,31)26-16-20-10-6-14-32-20/h2-4,6-7,9-12,14-15,23,26H,5,8,13,16-17H2,1H3. The first-order chi connectivity index (χ1) is 16.3. The summed E-state index contributed by atoms with van der Waals surface area (Å²) < 4.78 is 37.9. The van der Waals surface area contributed by atoms with Crippen molar-refractivity contribution in [3.05, 3.63) is 89.4 Å². The van der Waals surface area contributed by atoms with Crippen molar-refractivity contribution in [2.75, 3.05) is 13.7 Å². The minimum absolute atomic E-state index is 0.0187. The van der Waals surface area contributed by atoms with Crippen LogP contribution in [-0.2, 0) is 32.5 Å². The third-order valence-electron chi connectivity index (χ3n) is 5.92. The van der Waals surface area contributed by atoms with Crippen molar-refractivity contribution in [3.8, 4) is 0 Å². The van der Waals surface area contributed by atoms with Crippen LogP contribution >= 0.6 is 0 Å². The van der Waals surface area contributed by atoms with Gasteiger partial charge in [0.2, 0.25) is 10.0 Å². The molecular formula is C25H26N2O6S. The van der Waals surface area contributed by atoms with E-state index in [0.29, 0.717) is 5.76 Å². The number of esters is 1. The van der Waals surface area contributed by atoms with Crippen molar-refractivity contribution in [1.82, 2.24) is 9.62 Å². The number of ether oxygens (including phenoxy) is 1. The third kappa shape index (κ3) is 5.37. The van der Waals surface area contributed by atoms with E-state index in [1.165, 1.54) is 36.1 Å². The summed E-state index contributed by atoms with van der Waals surface area (Å²) in [6.45, 7) is -0.448. The Morgan fingerprint density at radius 3 is 2.74 bits per heavy atom. The lowest BCUT2D eigenvalue weighted by Gasteiger charge is -2.33. The normalized spacial score (nSPS) is 15.4. The third-order valence-corrected chi connectivity index (χ3v) is 7.32. The number of nitrogens with zero attached hydrogens (tertiary/aromatic N) is 1. The maximum Gasteiger partial charge on any atom is 0.338 e. The van der Waals surface area contributed by atoms with Crippen molar-refractivity contribution in [2.45, 2.75) is 36.7 Å². The van der Waals surface area contributed by atoms with Gasteiger partial charge in [-0.1, -0.05) is 30.3 Å². The number of benzene rings is 2. The fourth-order valence-electron chi connectivity index (χ4n) is 4.07. The van der Waals surface area contributed by atoms with Gasteiger partial charge in [-0.15, -0.1) is 0 Å². The van der Waals surface area contributed by atoms with Crippen LogP contribution in [0.4, 0.5) is 0 Å². The average molecular weight is 483 g/mol. The second kappa shape index (κ2) is 10.2. The van der Waals surface area contributed by atoms with Crippen LogP contribution in [0, 0.1) is 0 Å². The first-order valence-electron chi connectivity index (χ1n) is 11.0. The summed E-state index contributed by atoms with van der Waals surface area (Å²) in [5.41, 5.74) is 2.39. The van der Waals surface area contributed by atoms with Gasteiger partial charge in [-0.2, -0.15) is 0 Å². The Balaban J connectivity index is 1.37. The van der Waals surface area contributed by atoms with Crippen LogP contribution in [0.3, 0.4) is 0 Å². The lowest BCUT2D eigenvalue weighted by molar-refractivity contribution is -0.135. The zero-order chi connectivity index (χ0) is 24.1. The van der Waals surface area contributed by atoms with Crippen molar-refractivity contribution < 1.29 is 27.2 Å². The van der Waals surface area contributed by atoms with Gasteiger partial charge in [-0.3, -0.25) is 4.79 Å². The number of aryl methyl sites for hydroxylation is 1. The minimum Gasteiger partial charge on any atom is -0.468 e. The number of sulfonamides is 1. The lowest BCUT2D eigenvalue weighted by atomic mass is 9.87. The van der Waals surface area contributed by atoms with E-state index in [9.17, 15) is 18.0 Å². The van der Waals surface area contributed by atoms with Crippen molar-refractivity contribution in [3.63, 3.8) is 0 Å². The van der Waals surface area contributed by atoms with Gasteiger partial charge in [0.05, 0.1) is 29.3 Å². The van der Waals surface area contributed by atoms with Crippen LogP contribution in [0.25, 0.3) is 0 Å². The number of carbonyl (C=O) groups is 2. The monoisotopic (exact) mass is 482 g/mol. The molecule has 0 saturated carbocycles. The highest BCUT2D eigenvalue weighted by Gasteiger charge is 2.27. The topological polar surface area (TPSA) is 106 Å². The number of furan rings is 1. The highest BCUT2D eigenvalue weighted by atomic mass is 32.2. The van der Waals surface area contributed by atoms with E-state index in [1.54, 1.807) is 24.1 Å². The predicted octanol–water partition coefficient (Wildman–Crippen LogP) is 3.45. The van der Waals surface area contributed by atoms with Crippen molar-refractivity contribution in [2.24, 2.45) is 0 Å². The average Bonchev–Trinajstić information content (AvgIpc) is 3.39. The molecule has 0 aliphatic heterocycles. The number of nitrogens with one attached hydrogen (secondary N) is 1. The Bertz CT molecular complexity index is 1270. The summed E-state index contributed by atoms with van der Waals surface area (Å²) in [6, 6.07) is 16.8. The molecule has 0 bridgehead atoms. The molecule has 4 rings (SSSR count). The number of hydrogen-bond donors (Lipinski definition) is 1. The van der Waals surface area contributed by atoms with E-state index >= 15 is 0 Å². The molecule has 34 heavy (non-hydrogen) atoms. The Morgan fingerprint density at radius 1 is 1.12 bits per heavy atom. The molecule has 1 heterocycles. The Kier molecular flexibility index (Phi) is 7.14. The maximum absolute atomic E-state index is 12.7. The van der Waals surface area contributed by atoms with E-state index in [2.05, 4.69) is 10.8 Å². The summed E-state index contributed by atoms with van der Waals surface area (Å²) in [5, 5.41) is 0. The fourth-order valence-corrected chi connectivity index (χ4v) is 5.11. The van der Waals surface area contributed by atoms with Crippen LogP contribution in [0.15, 0.2) is 76.2 Å². The van der Waals surface area contributed by atoms with Crippen LogP contribution in [0.1, 0.15) is 46.1 Å². The molecule has 8 nitrogen and oxygen atoms in total. The van der Waals surface area contributed by atoms with Gasteiger partial charge in [0.1, 0.15) is 5.76 Å². The second-order valence-electron chi connectivity index (χ2n) is 8.12. The molecular weight excluding hydrogens is 456 g/mol. The summed E-state index contributed by atoms with van der Waals surface area (Å²) >= 11 is 0. The maximum atomic E-state index is 12.7. The Hall–Kier alpha value is -3.43. The predicted molar refractivity (Wildman–Crippen MR) is 124 cm³/mol. The summed E-state index contributed by atoms with van der Waals surface area (Å²) in [5.74, 6) is -0.629. The Morgan fingerprint density at radius 2 is 1.94 bits per heavy atom. The molecule has 178 valence electrons. The van der Waals surface area contributed by atoms with Gasteiger partial charge in [0, 0.05) is 7.05 Å². The van der Waals surface area contributed by atoms with Gasteiger partial charge in [0.15, 0.2) is 6.61 Å². The van der Waals surface area contributed by atoms with Crippen LogP contribution in [-0.4, -0.2) is 38.8 Å². The molecule has 3 aromatic rings. The van der Waals surface area contributed by atoms with E-state index in [1.807, 2.05) is 18.2 Å². The van der Waals surface area contributed by atoms with Gasteiger partial charge < -0.3 is 14.1 Å². The zero-order valence-corrected chi connectivity index (χ0v) is 19.6. The van der Waals surface area contributed by atoms with Gasteiger partial charge in [-0.25, -0.2) is 17.9 Å². The fraction of sp³-hybridized carbons (Fsp3) is 0.280. The molecule has 0 spiro atoms. The number of fused-ring (bicyclic) bond motifs is 1. The van der Waals surface area contributed by atoms with Gasteiger partial charge in [0.25, 0.3) is 5.91 Å². The zero-order valence-electron chi connectivity index (χ0n) is 18.8. The van der Waals surface area contributed by atoms with E-state index in [-0.39, 0.29) is 29.0 Å². The SMILES string of the molecule is CN(C(=O)COC(=O)c1cccc(S(=O)(=O)NCc2ccco2)c1)C1CCCc2ccccc21. The molecule has 2 aromatic carbocycles. The second-order valence-corrected chi connectivity index (χ2v) is 9.89. The molecule has 1 N–H and O–H groups in total. The lowest BCUT2D eigenvalue weighted by Crippen LogP contribution is -2.36. The van der Waals surface area contributed by atoms with E-state index in [4.69, 9.17) is 9.15 Å². The number of rotatable bonds is 8. The molecule has 1 aliphatic carbocycles. The summed E-state index contributed by atoms with van der Waals surface area (Å²) in [7, 11) is -2.16. The molecule has 0 saturated heterocycles. The molecule has 0 fully saturated rings. The van der Waals surface area contributed by atoms with Crippen LogP contribution in [0.2, 0.25) is 0 Å². The van der Waals surface area contributed by atoms with Crippen molar-refractivity contribution in [1.29, 1.82) is 0 Å². The molecule has 1 atom stereocenters. The summed E-state index contributed by atoms with van der Waals surface area (Å²) in [4.78, 5) is 26.8.